The van der Waals surface area contributed by atoms with Gasteiger partial charge in [-0.05, 0) is 19.9 Å². The molecule has 0 aromatic rings. The van der Waals surface area contributed by atoms with Gasteiger partial charge in [-0.2, -0.15) is 13.2 Å². The summed E-state index contributed by atoms with van der Waals surface area (Å²) in [6, 6.07) is 0. The van der Waals surface area contributed by atoms with Gasteiger partial charge in [-0.1, -0.05) is 0 Å². The maximum absolute atomic E-state index is 12.0. The Hall–Kier alpha value is -0.780. The summed E-state index contributed by atoms with van der Waals surface area (Å²) in [6.07, 6.45) is -3.82. The minimum absolute atomic E-state index is 0.0723. The van der Waals surface area contributed by atoms with E-state index in [1.54, 1.807) is 0 Å². The van der Waals surface area contributed by atoms with Gasteiger partial charge >= 0.3 is 6.18 Å². The first-order valence-electron chi connectivity index (χ1n) is 4.45. The Labute approximate surface area is 81.1 Å². The van der Waals surface area contributed by atoms with Crippen molar-refractivity contribution >= 4 is 5.91 Å². The number of nitrogens with zero attached hydrogens (tertiary/aromatic N) is 1. The molecule has 0 fully saturated rings. The molecule has 0 spiro atoms. The van der Waals surface area contributed by atoms with Gasteiger partial charge in [0.1, 0.15) is 6.54 Å². The van der Waals surface area contributed by atoms with Crippen LogP contribution in [0.1, 0.15) is 19.8 Å². The summed E-state index contributed by atoms with van der Waals surface area (Å²) in [5, 5.41) is 0. The molecule has 84 valence electrons. The summed E-state index contributed by atoms with van der Waals surface area (Å²) in [5.41, 5.74) is 5.15. The third-order valence-corrected chi connectivity index (χ3v) is 1.70. The fraction of sp³-hybridized carbons (Fsp3) is 0.875. The van der Waals surface area contributed by atoms with Crippen LogP contribution in [0.4, 0.5) is 13.2 Å². The largest absolute Gasteiger partial charge is 0.406 e. The average Bonchev–Trinajstić information content (AvgIpc) is 2.08. The highest BCUT2D eigenvalue weighted by Crippen LogP contribution is 2.16. The number of hydrogen-bond acceptors (Lipinski definition) is 2. The molecule has 0 radical (unpaired) electrons. The molecule has 2 N–H and O–H groups in total. The predicted octanol–water partition coefficient (Wildman–Crippen LogP) is 1.14. The number of nitrogens with two attached hydrogens (primary N) is 1. The zero-order valence-electron chi connectivity index (χ0n) is 8.10. The van der Waals surface area contributed by atoms with Crippen molar-refractivity contribution in [2.75, 3.05) is 19.6 Å². The Kier molecular flexibility index (Phi) is 5.52. The number of amides is 1. The molecule has 6 heteroatoms. The molecular formula is C8H15F3N2O. The summed E-state index contributed by atoms with van der Waals surface area (Å²) in [5.74, 6) is -0.490. The number of carbonyl (C=O) groups excluding carboxylic acids is 1. The zero-order valence-corrected chi connectivity index (χ0v) is 8.10. The highest BCUT2D eigenvalue weighted by atomic mass is 19.4. The van der Waals surface area contributed by atoms with Gasteiger partial charge in [-0.3, -0.25) is 4.79 Å². The first-order valence-corrected chi connectivity index (χ1v) is 4.45. The van der Waals surface area contributed by atoms with E-state index < -0.39 is 18.6 Å². The van der Waals surface area contributed by atoms with Crippen molar-refractivity contribution in [3.63, 3.8) is 0 Å². The maximum atomic E-state index is 12.0. The molecular weight excluding hydrogens is 197 g/mol. The van der Waals surface area contributed by atoms with Crippen LogP contribution >= 0.6 is 0 Å². The van der Waals surface area contributed by atoms with Crippen LogP contribution in [0.2, 0.25) is 0 Å². The van der Waals surface area contributed by atoms with E-state index in [1.807, 2.05) is 0 Å². The lowest BCUT2D eigenvalue weighted by Crippen LogP contribution is -2.38. The Morgan fingerprint density at radius 3 is 2.36 bits per heavy atom. The summed E-state index contributed by atoms with van der Waals surface area (Å²) in [4.78, 5) is 12.0. The molecule has 0 aliphatic heterocycles. The summed E-state index contributed by atoms with van der Waals surface area (Å²) in [6.45, 7) is 0.733. The second kappa shape index (κ2) is 5.85. The summed E-state index contributed by atoms with van der Waals surface area (Å²) < 4.78 is 35.9. The lowest BCUT2D eigenvalue weighted by Gasteiger charge is -2.22. The van der Waals surface area contributed by atoms with Crippen LogP contribution in [0.25, 0.3) is 0 Å². The van der Waals surface area contributed by atoms with Gasteiger partial charge in [0, 0.05) is 13.0 Å². The predicted molar refractivity (Wildman–Crippen MR) is 46.6 cm³/mol. The molecule has 0 aliphatic carbocycles. The van der Waals surface area contributed by atoms with E-state index in [2.05, 4.69) is 0 Å². The van der Waals surface area contributed by atoms with Crippen LogP contribution < -0.4 is 5.73 Å². The Bertz CT molecular complexity index is 182. The first kappa shape index (κ1) is 13.2. The van der Waals surface area contributed by atoms with Crippen LogP contribution in [0.15, 0.2) is 0 Å². The van der Waals surface area contributed by atoms with Crippen molar-refractivity contribution in [1.82, 2.24) is 4.90 Å². The van der Waals surface area contributed by atoms with Gasteiger partial charge < -0.3 is 10.6 Å². The van der Waals surface area contributed by atoms with Crippen molar-refractivity contribution in [1.29, 1.82) is 0 Å². The van der Waals surface area contributed by atoms with Gasteiger partial charge in [-0.15, -0.1) is 0 Å². The van der Waals surface area contributed by atoms with Gasteiger partial charge in [0.25, 0.3) is 0 Å². The number of hydrogen-bond donors (Lipinski definition) is 1. The SMILES string of the molecule is CCN(CC(F)(F)F)C(=O)CCCN. The molecule has 0 aromatic heterocycles. The number of rotatable bonds is 5. The minimum Gasteiger partial charge on any atom is -0.334 e. The fourth-order valence-corrected chi connectivity index (χ4v) is 1.00. The molecule has 0 unspecified atom stereocenters. The van der Waals surface area contributed by atoms with Crippen molar-refractivity contribution in [2.45, 2.75) is 25.9 Å². The summed E-state index contributed by atoms with van der Waals surface area (Å²) >= 11 is 0. The quantitative estimate of drug-likeness (QED) is 0.742. The van der Waals surface area contributed by atoms with E-state index in [9.17, 15) is 18.0 Å². The van der Waals surface area contributed by atoms with Crippen LogP contribution in [-0.2, 0) is 4.79 Å². The molecule has 0 heterocycles. The van der Waals surface area contributed by atoms with Gasteiger partial charge in [0.2, 0.25) is 5.91 Å². The standard InChI is InChI=1S/C8H15F3N2O/c1-2-13(6-8(9,10)11)7(14)4-3-5-12/h2-6,12H2,1H3. The molecule has 0 saturated heterocycles. The second-order valence-electron chi connectivity index (χ2n) is 2.92. The highest BCUT2D eigenvalue weighted by Gasteiger charge is 2.31. The monoisotopic (exact) mass is 212 g/mol. The van der Waals surface area contributed by atoms with Crippen molar-refractivity contribution in [2.24, 2.45) is 5.73 Å². The molecule has 0 aliphatic rings. The molecule has 0 aromatic carbocycles. The van der Waals surface area contributed by atoms with E-state index in [1.165, 1.54) is 6.92 Å². The van der Waals surface area contributed by atoms with Gasteiger partial charge in [0.15, 0.2) is 0 Å². The lowest BCUT2D eigenvalue weighted by atomic mass is 10.2. The highest BCUT2D eigenvalue weighted by molar-refractivity contribution is 5.76. The van der Waals surface area contributed by atoms with E-state index in [4.69, 9.17) is 5.73 Å². The lowest BCUT2D eigenvalue weighted by molar-refractivity contribution is -0.160. The molecule has 1 amide bonds. The molecule has 0 atom stereocenters. The molecule has 0 saturated carbocycles. The van der Waals surface area contributed by atoms with Crippen LogP contribution in [-0.4, -0.2) is 36.6 Å². The van der Waals surface area contributed by atoms with Gasteiger partial charge in [0.05, 0.1) is 0 Å². The molecule has 3 nitrogen and oxygen atoms in total. The molecule has 0 bridgehead atoms. The minimum atomic E-state index is -4.33. The number of carbonyl (C=O) groups is 1. The van der Waals surface area contributed by atoms with Crippen molar-refractivity contribution in [3.8, 4) is 0 Å². The van der Waals surface area contributed by atoms with E-state index >= 15 is 0 Å². The first-order chi connectivity index (χ1) is 6.40. The Morgan fingerprint density at radius 1 is 1.43 bits per heavy atom. The normalized spacial score (nSPS) is 11.5. The van der Waals surface area contributed by atoms with Crippen LogP contribution in [0.5, 0.6) is 0 Å². The summed E-state index contributed by atoms with van der Waals surface area (Å²) in [7, 11) is 0. The average molecular weight is 212 g/mol. The fourth-order valence-electron chi connectivity index (χ4n) is 1.00. The number of alkyl halides is 3. The van der Waals surface area contributed by atoms with Crippen molar-refractivity contribution in [3.05, 3.63) is 0 Å². The Balaban J connectivity index is 4.06. The van der Waals surface area contributed by atoms with Crippen LogP contribution in [0, 0.1) is 0 Å². The second-order valence-corrected chi connectivity index (χ2v) is 2.92. The number of halogens is 3. The van der Waals surface area contributed by atoms with Gasteiger partial charge in [-0.25, -0.2) is 0 Å². The zero-order chi connectivity index (χ0) is 11.2. The van der Waals surface area contributed by atoms with Crippen molar-refractivity contribution < 1.29 is 18.0 Å². The molecule has 14 heavy (non-hydrogen) atoms. The van der Waals surface area contributed by atoms with E-state index in [-0.39, 0.29) is 13.0 Å². The van der Waals surface area contributed by atoms with Crippen LogP contribution in [0.3, 0.4) is 0 Å². The third kappa shape index (κ3) is 5.80. The Morgan fingerprint density at radius 2 is 2.00 bits per heavy atom. The maximum Gasteiger partial charge on any atom is 0.406 e. The van der Waals surface area contributed by atoms with E-state index in [0.29, 0.717) is 13.0 Å². The molecule has 0 rings (SSSR count). The topological polar surface area (TPSA) is 46.3 Å². The van der Waals surface area contributed by atoms with E-state index in [0.717, 1.165) is 4.90 Å². The smallest absolute Gasteiger partial charge is 0.334 e. The third-order valence-electron chi connectivity index (χ3n) is 1.70.